The summed E-state index contributed by atoms with van der Waals surface area (Å²) in [5, 5.41) is 12.3. The zero-order chi connectivity index (χ0) is 12.1. The second-order valence-electron chi connectivity index (χ2n) is 3.80. The number of benzene rings is 2. The van der Waals surface area contributed by atoms with Crippen LogP contribution in [0.4, 0.5) is 5.69 Å². The van der Waals surface area contributed by atoms with Crippen molar-refractivity contribution in [3.8, 4) is 0 Å². The minimum absolute atomic E-state index is 0.0878. The van der Waals surface area contributed by atoms with Crippen molar-refractivity contribution in [2.45, 2.75) is 13.2 Å². The summed E-state index contributed by atoms with van der Waals surface area (Å²) >= 11 is 3.52. The summed E-state index contributed by atoms with van der Waals surface area (Å²) in [4.78, 5) is 0. The molecule has 2 aromatic carbocycles. The number of aliphatic hydroxyl groups is 1. The van der Waals surface area contributed by atoms with Crippen molar-refractivity contribution in [3.63, 3.8) is 0 Å². The fourth-order valence-corrected chi connectivity index (χ4v) is 1.99. The van der Waals surface area contributed by atoms with E-state index in [2.05, 4.69) is 27.3 Å². The molecule has 0 unspecified atom stereocenters. The van der Waals surface area contributed by atoms with Gasteiger partial charge in [-0.3, -0.25) is 0 Å². The summed E-state index contributed by atoms with van der Waals surface area (Å²) in [6, 6.07) is 15.9. The molecule has 0 spiro atoms. The van der Waals surface area contributed by atoms with E-state index in [9.17, 15) is 0 Å². The maximum atomic E-state index is 8.95. The van der Waals surface area contributed by atoms with Crippen LogP contribution in [0, 0.1) is 0 Å². The Morgan fingerprint density at radius 2 is 1.71 bits per heavy atom. The first-order valence-electron chi connectivity index (χ1n) is 5.46. The Balaban J connectivity index is 2.00. The number of rotatable bonds is 4. The van der Waals surface area contributed by atoms with Crippen LogP contribution in [-0.4, -0.2) is 5.11 Å². The molecule has 0 aliphatic carbocycles. The summed E-state index contributed by atoms with van der Waals surface area (Å²) in [5.41, 5.74) is 3.20. The van der Waals surface area contributed by atoms with Gasteiger partial charge in [0.2, 0.25) is 0 Å². The summed E-state index contributed by atoms with van der Waals surface area (Å²) < 4.78 is 1.11. The number of hydrogen-bond acceptors (Lipinski definition) is 2. The van der Waals surface area contributed by atoms with Crippen molar-refractivity contribution in [1.29, 1.82) is 0 Å². The standard InChI is InChI=1S/C14H14BrNO/c15-14-4-2-1-3-12(14)9-16-13-7-5-11(10-17)6-8-13/h1-8,16-17H,9-10H2. The average molecular weight is 292 g/mol. The van der Waals surface area contributed by atoms with Gasteiger partial charge in [0.05, 0.1) is 6.61 Å². The molecule has 0 aromatic heterocycles. The molecule has 3 heteroatoms. The summed E-state index contributed by atoms with van der Waals surface area (Å²) in [5.74, 6) is 0. The highest BCUT2D eigenvalue weighted by Crippen LogP contribution is 2.18. The predicted octanol–water partition coefficient (Wildman–Crippen LogP) is 3.55. The van der Waals surface area contributed by atoms with Crippen LogP contribution in [0.15, 0.2) is 53.0 Å². The van der Waals surface area contributed by atoms with E-state index < -0.39 is 0 Å². The number of anilines is 1. The van der Waals surface area contributed by atoms with Crippen LogP contribution >= 0.6 is 15.9 Å². The van der Waals surface area contributed by atoms with Gasteiger partial charge in [0.1, 0.15) is 0 Å². The minimum atomic E-state index is 0.0878. The highest BCUT2D eigenvalue weighted by Gasteiger charge is 1.98. The van der Waals surface area contributed by atoms with E-state index in [1.165, 1.54) is 5.56 Å². The molecule has 0 aliphatic heterocycles. The Morgan fingerprint density at radius 1 is 1.00 bits per heavy atom. The largest absolute Gasteiger partial charge is 0.392 e. The second kappa shape index (κ2) is 5.84. The predicted molar refractivity (Wildman–Crippen MR) is 73.8 cm³/mol. The maximum Gasteiger partial charge on any atom is 0.0681 e. The molecule has 0 amide bonds. The molecular weight excluding hydrogens is 278 g/mol. The molecule has 0 aliphatic rings. The first-order valence-corrected chi connectivity index (χ1v) is 6.26. The zero-order valence-corrected chi connectivity index (χ0v) is 10.9. The molecular formula is C14H14BrNO. The van der Waals surface area contributed by atoms with E-state index in [0.717, 1.165) is 22.3 Å². The van der Waals surface area contributed by atoms with Crippen LogP contribution in [0.25, 0.3) is 0 Å². The highest BCUT2D eigenvalue weighted by atomic mass is 79.9. The van der Waals surface area contributed by atoms with Crippen LogP contribution in [0.1, 0.15) is 11.1 Å². The smallest absolute Gasteiger partial charge is 0.0681 e. The van der Waals surface area contributed by atoms with E-state index in [4.69, 9.17) is 5.11 Å². The fourth-order valence-electron chi connectivity index (χ4n) is 1.57. The van der Waals surface area contributed by atoms with Gasteiger partial charge >= 0.3 is 0 Å². The fraction of sp³-hybridized carbons (Fsp3) is 0.143. The van der Waals surface area contributed by atoms with Crippen molar-refractivity contribution >= 4 is 21.6 Å². The molecule has 2 N–H and O–H groups in total. The lowest BCUT2D eigenvalue weighted by atomic mass is 10.2. The van der Waals surface area contributed by atoms with Crippen LogP contribution in [-0.2, 0) is 13.2 Å². The van der Waals surface area contributed by atoms with Gasteiger partial charge in [0, 0.05) is 16.7 Å². The Morgan fingerprint density at radius 3 is 2.35 bits per heavy atom. The summed E-state index contributed by atoms with van der Waals surface area (Å²) in [6.07, 6.45) is 0. The van der Waals surface area contributed by atoms with E-state index in [-0.39, 0.29) is 6.61 Å². The molecule has 0 saturated carbocycles. The number of halogens is 1. The summed E-state index contributed by atoms with van der Waals surface area (Å²) in [7, 11) is 0. The molecule has 0 saturated heterocycles. The molecule has 0 bridgehead atoms. The third-order valence-electron chi connectivity index (χ3n) is 2.58. The van der Waals surface area contributed by atoms with Gasteiger partial charge in [-0.2, -0.15) is 0 Å². The molecule has 2 nitrogen and oxygen atoms in total. The van der Waals surface area contributed by atoms with Gasteiger partial charge in [-0.25, -0.2) is 0 Å². The SMILES string of the molecule is OCc1ccc(NCc2ccccc2Br)cc1. The quantitative estimate of drug-likeness (QED) is 0.903. The second-order valence-corrected chi connectivity index (χ2v) is 4.65. The Labute approximate surface area is 109 Å². The van der Waals surface area contributed by atoms with Gasteiger partial charge in [-0.15, -0.1) is 0 Å². The average Bonchev–Trinajstić information content (AvgIpc) is 2.38. The van der Waals surface area contributed by atoms with Crippen molar-refractivity contribution in [2.24, 2.45) is 0 Å². The van der Waals surface area contributed by atoms with Crippen LogP contribution in [0.2, 0.25) is 0 Å². The number of nitrogens with one attached hydrogen (secondary N) is 1. The minimum Gasteiger partial charge on any atom is -0.392 e. The normalized spacial score (nSPS) is 10.2. The van der Waals surface area contributed by atoms with Gasteiger partial charge in [-0.05, 0) is 29.3 Å². The number of hydrogen-bond donors (Lipinski definition) is 2. The van der Waals surface area contributed by atoms with Crippen LogP contribution in [0.5, 0.6) is 0 Å². The molecule has 0 fully saturated rings. The lowest BCUT2D eigenvalue weighted by Crippen LogP contribution is -2.00. The molecule has 0 atom stereocenters. The number of aliphatic hydroxyl groups excluding tert-OH is 1. The van der Waals surface area contributed by atoms with E-state index in [0.29, 0.717) is 0 Å². The van der Waals surface area contributed by atoms with Gasteiger partial charge in [-0.1, -0.05) is 46.3 Å². The Hall–Kier alpha value is -1.32. The Kier molecular flexibility index (Phi) is 4.18. The van der Waals surface area contributed by atoms with Crippen molar-refractivity contribution in [3.05, 3.63) is 64.1 Å². The monoisotopic (exact) mass is 291 g/mol. The first kappa shape index (κ1) is 12.1. The summed E-state index contributed by atoms with van der Waals surface area (Å²) in [6.45, 7) is 0.865. The lowest BCUT2D eigenvalue weighted by Gasteiger charge is -2.08. The molecule has 2 rings (SSSR count). The van der Waals surface area contributed by atoms with E-state index in [1.54, 1.807) is 0 Å². The van der Waals surface area contributed by atoms with Crippen molar-refractivity contribution in [2.75, 3.05) is 5.32 Å². The van der Waals surface area contributed by atoms with E-state index in [1.807, 2.05) is 42.5 Å². The van der Waals surface area contributed by atoms with E-state index >= 15 is 0 Å². The van der Waals surface area contributed by atoms with Crippen LogP contribution in [0.3, 0.4) is 0 Å². The molecule has 2 aromatic rings. The molecule has 0 radical (unpaired) electrons. The van der Waals surface area contributed by atoms with Crippen molar-refractivity contribution in [1.82, 2.24) is 0 Å². The molecule has 17 heavy (non-hydrogen) atoms. The molecule has 0 heterocycles. The zero-order valence-electron chi connectivity index (χ0n) is 9.36. The van der Waals surface area contributed by atoms with Gasteiger partial charge in [0.15, 0.2) is 0 Å². The third kappa shape index (κ3) is 3.32. The highest BCUT2D eigenvalue weighted by molar-refractivity contribution is 9.10. The van der Waals surface area contributed by atoms with Gasteiger partial charge < -0.3 is 10.4 Å². The molecule has 88 valence electrons. The van der Waals surface area contributed by atoms with Crippen LogP contribution < -0.4 is 5.32 Å². The third-order valence-corrected chi connectivity index (χ3v) is 3.35. The maximum absolute atomic E-state index is 8.95. The van der Waals surface area contributed by atoms with Crippen molar-refractivity contribution < 1.29 is 5.11 Å². The first-order chi connectivity index (χ1) is 8.29. The lowest BCUT2D eigenvalue weighted by molar-refractivity contribution is 0.282. The van der Waals surface area contributed by atoms with Gasteiger partial charge in [0.25, 0.3) is 0 Å². The Bertz CT molecular complexity index is 482. The topological polar surface area (TPSA) is 32.3 Å².